The molecular weight excluding hydrogens is 318 g/mol. The van der Waals surface area contributed by atoms with Crippen molar-refractivity contribution in [1.29, 1.82) is 0 Å². The number of rotatable bonds is 3. The average Bonchev–Trinajstić information content (AvgIpc) is 2.82. The summed E-state index contributed by atoms with van der Waals surface area (Å²) in [5.74, 6) is 3.24. The zero-order valence-corrected chi connectivity index (χ0v) is 11.6. The van der Waals surface area contributed by atoms with Crippen molar-refractivity contribution in [2.75, 3.05) is 0 Å². The first-order chi connectivity index (χ1) is 8.61. The van der Waals surface area contributed by atoms with Crippen LogP contribution in [0.25, 0.3) is 11.4 Å². The van der Waals surface area contributed by atoms with E-state index < -0.39 is 6.04 Å². The van der Waals surface area contributed by atoms with E-state index in [1.165, 1.54) is 0 Å². The highest BCUT2D eigenvalue weighted by Crippen LogP contribution is 2.28. The van der Waals surface area contributed by atoms with Gasteiger partial charge in [0, 0.05) is 16.5 Å². The third kappa shape index (κ3) is 2.72. The number of halogens is 2. The van der Waals surface area contributed by atoms with Crippen LogP contribution in [0.1, 0.15) is 18.4 Å². The molecule has 0 aliphatic heterocycles. The highest BCUT2D eigenvalue weighted by atomic mass is 79.9. The minimum atomic E-state index is -0.438. The third-order valence-corrected chi connectivity index (χ3v) is 3.49. The SMILES string of the molecule is C#CCC(N)c1nc(-c2ccc(Cl)c(Br)c2)no1. The van der Waals surface area contributed by atoms with E-state index >= 15 is 0 Å². The fraction of sp³-hybridized carbons (Fsp3) is 0.167. The summed E-state index contributed by atoms with van der Waals surface area (Å²) in [6.07, 6.45) is 5.53. The first-order valence-electron chi connectivity index (χ1n) is 5.10. The predicted molar refractivity (Wildman–Crippen MR) is 72.8 cm³/mol. The molecule has 1 aromatic carbocycles. The van der Waals surface area contributed by atoms with E-state index in [-0.39, 0.29) is 0 Å². The Bertz CT molecular complexity index is 606. The Labute approximate surface area is 118 Å². The fourth-order valence-electron chi connectivity index (χ4n) is 1.35. The molecule has 0 fully saturated rings. The second-order valence-electron chi connectivity index (χ2n) is 3.60. The van der Waals surface area contributed by atoms with Gasteiger partial charge in [0.25, 0.3) is 0 Å². The van der Waals surface area contributed by atoms with E-state index in [1.54, 1.807) is 12.1 Å². The maximum absolute atomic E-state index is 5.91. The Morgan fingerprint density at radius 3 is 3.00 bits per heavy atom. The molecule has 0 saturated carbocycles. The van der Waals surface area contributed by atoms with Crippen LogP contribution in [0.3, 0.4) is 0 Å². The van der Waals surface area contributed by atoms with E-state index in [0.717, 1.165) is 10.0 Å². The van der Waals surface area contributed by atoms with Gasteiger partial charge in [-0.1, -0.05) is 16.8 Å². The highest BCUT2D eigenvalue weighted by molar-refractivity contribution is 9.10. The molecule has 0 amide bonds. The van der Waals surface area contributed by atoms with Crippen LogP contribution in [0.5, 0.6) is 0 Å². The number of terminal acetylenes is 1. The zero-order chi connectivity index (χ0) is 13.1. The molecule has 2 aromatic rings. The molecule has 18 heavy (non-hydrogen) atoms. The van der Waals surface area contributed by atoms with Gasteiger partial charge in [-0.2, -0.15) is 4.98 Å². The van der Waals surface area contributed by atoms with Gasteiger partial charge in [-0.3, -0.25) is 0 Å². The van der Waals surface area contributed by atoms with E-state index in [1.807, 2.05) is 6.07 Å². The van der Waals surface area contributed by atoms with Crippen molar-refractivity contribution in [2.24, 2.45) is 5.73 Å². The van der Waals surface area contributed by atoms with E-state index in [0.29, 0.717) is 23.2 Å². The molecule has 2 N–H and O–H groups in total. The van der Waals surface area contributed by atoms with Gasteiger partial charge in [0.05, 0.1) is 11.1 Å². The minimum Gasteiger partial charge on any atom is -0.337 e. The molecule has 4 nitrogen and oxygen atoms in total. The van der Waals surface area contributed by atoms with Crippen LogP contribution in [0.2, 0.25) is 5.02 Å². The first-order valence-corrected chi connectivity index (χ1v) is 6.27. The summed E-state index contributed by atoms with van der Waals surface area (Å²) in [5, 5.41) is 4.48. The van der Waals surface area contributed by atoms with Crippen molar-refractivity contribution in [2.45, 2.75) is 12.5 Å². The van der Waals surface area contributed by atoms with Crippen molar-refractivity contribution in [3.8, 4) is 23.7 Å². The largest absolute Gasteiger partial charge is 0.337 e. The van der Waals surface area contributed by atoms with Gasteiger partial charge in [-0.15, -0.1) is 12.3 Å². The smallest absolute Gasteiger partial charge is 0.244 e. The molecule has 92 valence electrons. The van der Waals surface area contributed by atoms with Gasteiger partial charge in [0.1, 0.15) is 0 Å². The predicted octanol–water partition coefficient (Wildman–Crippen LogP) is 3.18. The summed E-state index contributed by atoms with van der Waals surface area (Å²) in [6.45, 7) is 0. The van der Waals surface area contributed by atoms with E-state index in [9.17, 15) is 0 Å². The lowest BCUT2D eigenvalue weighted by Gasteiger charge is -1.99. The van der Waals surface area contributed by atoms with E-state index in [4.69, 9.17) is 28.3 Å². The van der Waals surface area contributed by atoms with E-state index in [2.05, 4.69) is 32.0 Å². The molecule has 6 heteroatoms. The number of nitrogens with zero attached hydrogens (tertiary/aromatic N) is 2. The van der Waals surface area contributed by atoms with Crippen molar-refractivity contribution >= 4 is 27.5 Å². The number of hydrogen-bond donors (Lipinski definition) is 1. The van der Waals surface area contributed by atoms with Crippen molar-refractivity contribution < 1.29 is 4.52 Å². The molecule has 1 unspecified atom stereocenters. The molecule has 1 aromatic heterocycles. The van der Waals surface area contributed by atoms with Gasteiger partial charge in [-0.25, -0.2) is 0 Å². The number of benzene rings is 1. The monoisotopic (exact) mass is 325 g/mol. The van der Waals surface area contributed by atoms with Crippen LogP contribution < -0.4 is 5.73 Å². The second-order valence-corrected chi connectivity index (χ2v) is 4.86. The van der Waals surface area contributed by atoms with Crippen LogP contribution >= 0.6 is 27.5 Å². The summed E-state index contributed by atoms with van der Waals surface area (Å²) >= 11 is 9.25. The van der Waals surface area contributed by atoms with Gasteiger partial charge >= 0.3 is 0 Å². The summed E-state index contributed by atoms with van der Waals surface area (Å²) in [5.41, 5.74) is 6.57. The Morgan fingerprint density at radius 1 is 1.56 bits per heavy atom. The lowest BCUT2D eigenvalue weighted by molar-refractivity contribution is 0.357. The van der Waals surface area contributed by atoms with Crippen molar-refractivity contribution in [1.82, 2.24) is 10.1 Å². The summed E-state index contributed by atoms with van der Waals surface area (Å²) in [6, 6.07) is 4.92. The Morgan fingerprint density at radius 2 is 2.33 bits per heavy atom. The lowest BCUT2D eigenvalue weighted by atomic mass is 10.2. The van der Waals surface area contributed by atoms with Crippen molar-refractivity contribution in [3.63, 3.8) is 0 Å². The molecule has 0 aliphatic carbocycles. The van der Waals surface area contributed by atoms with Crippen LogP contribution in [-0.4, -0.2) is 10.1 Å². The molecule has 0 saturated heterocycles. The van der Waals surface area contributed by atoms with Gasteiger partial charge < -0.3 is 10.3 Å². The lowest BCUT2D eigenvalue weighted by Crippen LogP contribution is -2.09. The zero-order valence-electron chi connectivity index (χ0n) is 9.23. The second kappa shape index (κ2) is 5.53. The Kier molecular flexibility index (Phi) is 4.02. The third-order valence-electron chi connectivity index (χ3n) is 2.27. The number of nitrogens with two attached hydrogens (primary N) is 1. The molecular formula is C12H9BrClN3O. The van der Waals surface area contributed by atoms with Crippen LogP contribution in [-0.2, 0) is 0 Å². The van der Waals surface area contributed by atoms with Crippen LogP contribution in [0, 0.1) is 12.3 Å². The van der Waals surface area contributed by atoms with Crippen molar-refractivity contribution in [3.05, 3.63) is 33.6 Å². The van der Waals surface area contributed by atoms with Gasteiger partial charge in [0.15, 0.2) is 0 Å². The molecule has 1 heterocycles. The van der Waals surface area contributed by atoms with Crippen LogP contribution in [0.4, 0.5) is 0 Å². The first kappa shape index (κ1) is 13.1. The standard InChI is InChI=1S/C12H9BrClN3O/c1-2-3-10(15)12-16-11(17-18-12)7-4-5-9(14)8(13)6-7/h1,4-6,10H,3,15H2. The summed E-state index contributed by atoms with van der Waals surface area (Å²) < 4.78 is 5.84. The van der Waals surface area contributed by atoms with Gasteiger partial charge in [-0.05, 0) is 34.1 Å². The number of hydrogen-bond acceptors (Lipinski definition) is 4. The number of aromatic nitrogens is 2. The average molecular weight is 327 g/mol. The minimum absolute atomic E-state index is 0.328. The Balaban J connectivity index is 2.29. The molecule has 0 spiro atoms. The summed E-state index contributed by atoms with van der Waals surface area (Å²) in [7, 11) is 0. The summed E-state index contributed by atoms with van der Waals surface area (Å²) in [4.78, 5) is 4.21. The normalized spacial score (nSPS) is 12.1. The molecule has 0 radical (unpaired) electrons. The molecule has 0 bridgehead atoms. The fourth-order valence-corrected chi connectivity index (χ4v) is 1.85. The maximum Gasteiger partial charge on any atom is 0.244 e. The highest BCUT2D eigenvalue weighted by Gasteiger charge is 2.15. The molecule has 2 rings (SSSR count). The molecule has 1 atom stereocenters. The maximum atomic E-state index is 5.91. The molecule has 0 aliphatic rings. The van der Waals surface area contributed by atoms with Crippen LogP contribution in [0.15, 0.2) is 27.2 Å². The topological polar surface area (TPSA) is 64.9 Å². The Hall–Kier alpha value is -1.35. The van der Waals surface area contributed by atoms with Gasteiger partial charge in [0.2, 0.25) is 11.7 Å². The quantitative estimate of drug-likeness (QED) is 0.880.